The third kappa shape index (κ3) is 4.09. The summed E-state index contributed by atoms with van der Waals surface area (Å²) in [4.78, 5) is 9.47. The highest BCUT2D eigenvalue weighted by molar-refractivity contribution is 6.14. The first kappa shape index (κ1) is 20.9. The van der Waals surface area contributed by atoms with Gasteiger partial charge in [-0.3, -0.25) is 0 Å². The van der Waals surface area contributed by atoms with Crippen LogP contribution in [0.15, 0.2) is 115 Å². The molecule has 33 heavy (non-hydrogen) atoms. The van der Waals surface area contributed by atoms with Crippen LogP contribution in [0.2, 0.25) is 0 Å². The van der Waals surface area contributed by atoms with E-state index in [1.54, 1.807) is 13.3 Å². The van der Waals surface area contributed by atoms with E-state index in [1.807, 2.05) is 78.5 Å². The molecule has 0 amide bonds. The minimum absolute atomic E-state index is 0.612. The van der Waals surface area contributed by atoms with Crippen LogP contribution in [-0.4, -0.2) is 20.4 Å². The summed E-state index contributed by atoms with van der Waals surface area (Å²) in [6.07, 6.45) is 3.56. The molecular formula is C29H25N3O. The topological polar surface area (TPSA) is 50.4 Å². The van der Waals surface area contributed by atoms with E-state index in [2.05, 4.69) is 41.4 Å². The average molecular weight is 432 g/mol. The molecule has 0 saturated carbocycles. The molecule has 0 aliphatic rings. The molecule has 0 aliphatic carbocycles. The molecule has 1 atom stereocenters. The Balaban J connectivity index is 1.67. The number of aryl methyl sites for hydroxylation is 1. The van der Waals surface area contributed by atoms with E-state index >= 15 is 0 Å². The zero-order valence-corrected chi connectivity index (χ0v) is 18.7. The molecule has 4 aromatic carbocycles. The summed E-state index contributed by atoms with van der Waals surface area (Å²) in [5.74, 6) is 0. The number of benzene rings is 4. The lowest BCUT2D eigenvalue weighted by Crippen LogP contribution is -2.23. The molecule has 0 spiro atoms. The number of hydrogen-bond acceptors (Lipinski definition) is 3. The summed E-state index contributed by atoms with van der Waals surface area (Å²) in [5, 5.41) is 13.5. The van der Waals surface area contributed by atoms with Gasteiger partial charge in [0.05, 0.1) is 23.4 Å². The van der Waals surface area contributed by atoms with Crippen molar-refractivity contribution >= 4 is 22.2 Å². The van der Waals surface area contributed by atoms with E-state index in [4.69, 9.17) is 4.99 Å². The molecule has 0 radical (unpaired) electrons. The van der Waals surface area contributed by atoms with Crippen molar-refractivity contribution in [1.29, 1.82) is 0 Å². The quantitative estimate of drug-likeness (QED) is 0.347. The molecule has 162 valence electrons. The van der Waals surface area contributed by atoms with Gasteiger partial charge in [0.15, 0.2) is 0 Å². The lowest BCUT2D eigenvalue weighted by atomic mass is 9.88. The SMILES string of the molecule is Cn1cnc(C(C)(O)c2cccc3ccc(N=C(c4ccccc4)c4ccccc4)cc23)c1. The van der Waals surface area contributed by atoms with Crippen LogP contribution in [0, 0.1) is 0 Å². The first-order chi connectivity index (χ1) is 16.0. The lowest BCUT2D eigenvalue weighted by Gasteiger charge is -2.23. The fourth-order valence-corrected chi connectivity index (χ4v) is 4.17. The van der Waals surface area contributed by atoms with E-state index in [0.717, 1.165) is 38.9 Å². The predicted octanol–water partition coefficient (Wildman–Crippen LogP) is 6.00. The number of fused-ring (bicyclic) bond motifs is 1. The Labute approximate surface area is 193 Å². The van der Waals surface area contributed by atoms with E-state index in [9.17, 15) is 5.11 Å². The molecule has 5 rings (SSSR count). The van der Waals surface area contributed by atoms with E-state index in [-0.39, 0.29) is 0 Å². The third-order valence-electron chi connectivity index (χ3n) is 5.93. The maximum Gasteiger partial charge on any atom is 0.131 e. The minimum atomic E-state index is -1.23. The van der Waals surface area contributed by atoms with Gasteiger partial charge in [-0.2, -0.15) is 0 Å². The number of aliphatic hydroxyl groups is 1. The molecular weight excluding hydrogens is 406 g/mol. The highest BCUT2D eigenvalue weighted by Crippen LogP contribution is 2.35. The molecule has 0 aliphatic heterocycles. The standard InChI is InChI=1S/C29H25N3O/c1-29(33,27-19-32(2)20-30-27)26-15-9-14-21-16-17-24(18-25(21)26)31-28(22-10-5-3-6-11-22)23-12-7-4-8-13-23/h3-20,33H,1-2H3. The smallest absolute Gasteiger partial charge is 0.131 e. The minimum Gasteiger partial charge on any atom is -0.379 e. The predicted molar refractivity (Wildman–Crippen MR) is 134 cm³/mol. The molecule has 1 N–H and O–H groups in total. The van der Waals surface area contributed by atoms with Gasteiger partial charge in [-0.05, 0) is 35.4 Å². The molecule has 0 bridgehead atoms. The van der Waals surface area contributed by atoms with Gasteiger partial charge in [0.25, 0.3) is 0 Å². The van der Waals surface area contributed by atoms with Gasteiger partial charge >= 0.3 is 0 Å². The number of imidazole rings is 1. The monoisotopic (exact) mass is 431 g/mol. The van der Waals surface area contributed by atoms with Crippen molar-refractivity contribution in [2.75, 3.05) is 0 Å². The zero-order chi connectivity index (χ0) is 22.8. The lowest BCUT2D eigenvalue weighted by molar-refractivity contribution is 0.0994. The summed E-state index contributed by atoms with van der Waals surface area (Å²) in [5.41, 5.74) is 4.02. The number of nitrogens with zero attached hydrogens (tertiary/aromatic N) is 3. The van der Waals surface area contributed by atoms with Crippen LogP contribution in [0.25, 0.3) is 10.8 Å². The van der Waals surface area contributed by atoms with Gasteiger partial charge in [-0.15, -0.1) is 0 Å². The Kier molecular flexibility index (Phi) is 5.37. The van der Waals surface area contributed by atoms with Crippen molar-refractivity contribution in [1.82, 2.24) is 9.55 Å². The molecule has 4 nitrogen and oxygen atoms in total. The molecule has 0 fully saturated rings. The molecule has 1 aromatic heterocycles. The summed E-state index contributed by atoms with van der Waals surface area (Å²) >= 11 is 0. The van der Waals surface area contributed by atoms with E-state index in [0.29, 0.717) is 5.69 Å². The van der Waals surface area contributed by atoms with Crippen molar-refractivity contribution in [2.24, 2.45) is 12.0 Å². The molecule has 4 heteroatoms. The number of aliphatic imine (C=N–C) groups is 1. The van der Waals surface area contributed by atoms with Gasteiger partial charge in [0.1, 0.15) is 5.60 Å². The maximum atomic E-state index is 11.5. The van der Waals surface area contributed by atoms with Crippen LogP contribution in [0.5, 0.6) is 0 Å². The fourth-order valence-electron chi connectivity index (χ4n) is 4.17. The van der Waals surface area contributed by atoms with Crippen LogP contribution in [-0.2, 0) is 12.6 Å². The maximum absolute atomic E-state index is 11.5. The van der Waals surface area contributed by atoms with Crippen LogP contribution in [0.1, 0.15) is 29.3 Å². The second kappa shape index (κ2) is 8.49. The second-order valence-corrected chi connectivity index (χ2v) is 8.40. The summed E-state index contributed by atoms with van der Waals surface area (Å²) in [6.45, 7) is 1.79. The van der Waals surface area contributed by atoms with Gasteiger partial charge in [-0.1, -0.05) is 84.9 Å². The molecule has 0 saturated heterocycles. The highest BCUT2D eigenvalue weighted by Gasteiger charge is 2.30. The Morgan fingerprint density at radius 3 is 2.12 bits per heavy atom. The van der Waals surface area contributed by atoms with Crippen LogP contribution >= 0.6 is 0 Å². The van der Waals surface area contributed by atoms with Crippen molar-refractivity contribution in [2.45, 2.75) is 12.5 Å². The van der Waals surface area contributed by atoms with Crippen molar-refractivity contribution in [3.63, 3.8) is 0 Å². The Bertz CT molecular complexity index is 1390. The third-order valence-corrected chi connectivity index (χ3v) is 5.93. The first-order valence-corrected chi connectivity index (χ1v) is 11.0. The van der Waals surface area contributed by atoms with Crippen LogP contribution < -0.4 is 0 Å². The highest BCUT2D eigenvalue weighted by atomic mass is 16.3. The Morgan fingerprint density at radius 1 is 0.848 bits per heavy atom. The van der Waals surface area contributed by atoms with Gasteiger partial charge in [0, 0.05) is 24.4 Å². The van der Waals surface area contributed by atoms with E-state index in [1.165, 1.54) is 0 Å². The van der Waals surface area contributed by atoms with Crippen molar-refractivity contribution in [3.05, 3.63) is 132 Å². The average Bonchev–Trinajstić information content (AvgIpc) is 3.30. The summed E-state index contributed by atoms with van der Waals surface area (Å²) in [7, 11) is 1.90. The Morgan fingerprint density at radius 2 is 1.52 bits per heavy atom. The fraction of sp³-hybridized carbons (Fsp3) is 0.103. The van der Waals surface area contributed by atoms with E-state index < -0.39 is 5.60 Å². The zero-order valence-electron chi connectivity index (χ0n) is 18.7. The van der Waals surface area contributed by atoms with Gasteiger partial charge in [0.2, 0.25) is 0 Å². The number of aromatic nitrogens is 2. The van der Waals surface area contributed by atoms with Crippen molar-refractivity contribution in [3.8, 4) is 0 Å². The molecule has 1 heterocycles. The molecule has 1 unspecified atom stereocenters. The second-order valence-electron chi connectivity index (χ2n) is 8.40. The first-order valence-electron chi connectivity index (χ1n) is 11.0. The van der Waals surface area contributed by atoms with Crippen LogP contribution in [0.3, 0.4) is 0 Å². The van der Waals surface area contributed by atoms with Gasteiger partial charge in [-0.25, -0.2) is 9.98 Å². The number of hydrogen-bond donors (Lipinski definition) is 1. The van der Waals surface area contributed by atoms with Gasteiger partial charge < -0.3 is 9.67 Å². The summed E-state index contributed by atoms with van der Waals surface area (Å²) in [6, 6.07) is 32.5. The Hall–Kier alpha value is -4.02. The largest absolute Gasteiger partial charge is 0.379 e. The van der Waals surface area contributed by atoms with Crippen LogP contribution in [0.4, 0.5) is 5.69 Å². The van der Waals surface area contributed by atoms with Crippen molar-refractivity contribution < 1.29 is 5.11 Å². The summed E-state index contributed by atoms with van der Waals surface area (Å²) < 4.78 is 1.84. The normalized spacial score (nSPS) is 12.9. The molecule has 5 aromatic rings. The number of rotatable bonds is 5.